The predicted molar refractivity (Wildman–Crippen MR) is 60.0 cm³/mol. The van der Waals surface area contributed by atoms with Gasteiger partial charge < -0.3 is 16.2 Å². The van der Waals surface area contributed by atoms with Gasteiger partial charge in [-0.15, -0.1) is 0 Å². The van der Waals surface area contributed by atoms with Crippen LogP contribution in [0.4, 0.5) is 5.69 Å². The molecule has 0 aliphatic heterocycles. The van der Waals surface area contributed by atoms with Crippen molar-refractivity contribution in [3.05, 3.63) is 17.8 Å². The van der Waals surface area contributed by atoms with Crippen molar-refractivity contribution >= 4 is 11.6 Å². The third-order valence-corrected chi connectivity index (χ3v) is 2.60. The minimum atomic E-state index is -0.577. The fourth-order valence-electron chi connectivity index (χ4n) is 1.43. The first-order chi connectivity index (χ1) is 7.66. The van der Waals surface area contributed by atoms with Crippen LogP contribution in [0.3, 0.4) is 0 Å². The van der Waals surface area contributed by atoms with Gasteiger partial charge in [-0.05, 0) is 24.5 Å². The largest absolute Gasteiger partial charge is 0.476 e. The molecule has 5 nitrogen and oxygen atoms in total. The van der Waals surface area contributed by atoms with Gasteiger partial charge in [-0.25, -0.2) is 4.98 Å². The van der Waals surface area contributed by atoms with Crippen molar-refractivity contribution < 1.29 is 9.53 Å². The van der Waals surface area contributed by atoms with Crippen molar-refractivity contribution in [1.82, 2.24) is 4.98 Å². The summed E-state index contributed by atoms with van der Waals surface area (Å²) in [4.78, 5) is 14.9. The normalized spacial score (nSPS) is 14.8. The molecule has 1 aromatic rings. The summed E-state index contributed by atoms with van der Waals surface area (Å²) in [6.07, 6.45) is 3.59. The highest BCUT2D eigenvalue weighted by Gasteiger charge is 2.21. The smallest absolute Gasteiger partial charge is 0.267 e. The fourth-order valence-corrected chi connectivity index (χ4v) is 1.43. The Balaban J connectivity index is 1.99. The number of nitrogens with two attached hydrogens (primary N) is 2. The van der Waals surface area contributed by atoms with E-state index in [9.17, 15) is 4.79 Å². The molecular weight excluding hydrogens is 206 g/mol. The Morgan fingerprint density at radius 3 is 2.88 bits per heavy atom. The van der Waals surface area contributed by atoms with Crippen LogP contribution in [-0.4, -0.2) is 17.5 Å². The number of nitrogen functional groups attached to an aromatic ring is 1. The molecule has 5 heteroatoms. The summed E-state index contributed by atoms with van der Waals surface area (Å²) < 4.78 is 5.43. The Hall–Kier alpha value is -1.78. The van der Waals surface area contributed by atoms with Gasteiger partial charge in [0.25, 0.3) is 5.91 Å². The summed E-state index contributed by atoms with van der Waals surface area (Å²) in [7, 11) is 0. The van der Waals surface area contributed by atoms with Crippen LogP contribution in [0.2, 0.25) is 0 Å². The first-order valence-electron chi connectivity index (χ1n) is 5.36. The Morgan fingerprint density at radius 2 is 2.25 bits per heavy atom. The van der Waals surface area contributed by atoms with Crippen molar-refractivity contribution in [2.75, 3.05) is 12.3 Å². The third kappa shape index (κ3) is 2.62. The van der Waals surface area contributed by atoms with Crippen molar-refractivity contribution in [2.24, 2.45) is 11.7 Å². The Kier molecular flexibility index (Phi) is 2.94. The second kappa shape index (κ2) is 4.38. The Bertz CT molecular complexity index is 402. The monoisotopic (exact) mass is 221 g/mol. The highest BCUT2D eigenvalue weighted by atomic mass is 16.5. The number of aromatic nitrogens is 1. The van der Waals surface area contributed by atoms with E-state index in [-0.39, 0.29) is 5.69 Å². The number of nitrogens with zero attached hydrogens (tertiary/aromatic N) is 1. The SMILES string of the molecule is NC(=O)c1ccc(N)c(OCCC2CC2)n1. The number of anilines is 1. The van der Waals surface area contributed by atoms with E-state index in [1.807, 2.05) is 0 Å². The molecule has 4 N–H and O–H groups in total. The number of pyridine rings is 1. The molecule has 0 spiro atoms. The van der Waals surface area contributed by atoms with Crippen LogP contribution in [0.5, 0.6) is 5.88 Å². The molecule has 1 amide bonds. The average molecular weight is 221 g/mol. The molecule has 0 saturated heterocycles. The van der Waals surface area contributed by atoms with E-state index in [2.05, 4.69) is 4.98 Å². The first-order valence-corrected chi connectivity index (χ1v) is 5.36. The molecule has 1 heterocycles. The van der Waals surface area contributed by atoms with E-state index in [0.717, 1.165) is 12.3 Å². The molecule has 1 saturated carbocycles. The predicted octanol–water partition coefficient (Wildman–Crippen LogP) is 0.942. The van der Waals surface area contributed by atoms with Gasteiger partial charge in [-0.1, -0.05) is 12.8 Å². The molecule has 0 radical (unpaired) electrons. The minimum absolute atomic E-state index is 0.177. The lowest BCUT2D eigenvalue weighted by Gasteiger charge is -2.08. The molecule has 16 heavy (non-hydrogen) atoms. The highest BCUT2D eigenvalue weighted by Crippen LogP contribution is 2.32. The van der Waals surface area contributed by atoms with Gasteiger partial charge in [0.2, 0.25) is 5.88 Å². The minimum Gasteiger partial charge on any atom is -0.476 e. The lowest BCUT2D eigenvalue weighted by atomic mass is 10.3. The van der Waals surface area contributed by atoms with Crippen molar-refractivity contribution in [1.29, 1.82) is 0 Å². The van der Waals surface area contributed by atoms with E-state index in [1.165, 1.54) is 18.9 Å². The van der Waals surface area contributed by atoms with Crippen molar-refractivity contribution in [3.8, 4) is 5.88 Å². The highest BCUT2D eigenvalue weighted by molar-refractivity contribution is 5.91. The lowest BCUT2D eigenvalue weighted by Crippen LogP contribution is -2.14. The van der Waals surface area contributed by atoms with Gasteiger partial charge in [-0.3, -0.25) is 4.79 Å². The van der Waals surface area contributed by atoms with Crippen molar-refractivity contribution in [2.45, 2.75) is 19.3 Å². The van der Waals surface area contributed by atoms with Crippen LogP contribution in [0.25, 0.3) is 0 Å². The van der Waals surface area contributed by atoms with E-state index in [1.54, 1.807) is 6.07 Å². The number of primary amides is 1. The Morgan fingerprint density at radius 1 is 1.50 bits per heavy atom. The second-order valence-electron chi connectivity index (χ2n) is 4.04. The van der Waals surface area contributed by atoms with Gasteiger partial charge in [-0.2, -0.15) is 0 Å². The zero-order valence-electron chi connectivity index (χ0n) is 8.98. The maximum absolute atomic E-state index is 10.9. The van der Waals surface area contributed by atoms with E-state index in [0.29, 0.717) is 18.2 Å². The van der Waals surface area contributed by atoms with Crippen LogP contribution in [-0.2, 0) is 0 Å². The number of ether oxygens (including phenoxy) is 1. The van der Waals surface area contributed by atoms with Gasteiger partial charge in [0, 0.05) is 0 Å². The number of amides is 1. The molecule has 2 rings (SSSR count). The van der Waals surface area contributed by atoms with E-state index >= 15 is 0 Å². The summed E-state index contributed by atoms with van der Waals surface area (Å²) in [6.45, 7) is 0.587. The summed E-state index contributed by atoms with van der Waals surface area (Å²) >= 11 is 0. The molecule has 0 atom stereocenters. The molecule has 1 aromatic heterocycles. The van der Waals surface area contributed by atoms with Crippen LogP contribution in [0.1, 0.15) is 29.8 Å². The zero-order chi connectivity index (χ0) is 11.5. The summed E-state index contributed by atoms with van der Waals surface area (Å²) in [5.74, 6) is 0.518. The summed E-state index contributed by atoms with van der Waals surface area (Å²) in [5.41, 5.74) is 11.4. The number of carbonyl (C=O) groups is 1. The van der Waals surface area contributed by atoms with Gasteiger partial charge in [0.15, 0.2) is 0 Å². The van der Waals surface area contributed by atoms with E-state index < -0.39 is 5.91 Å². The lowest BCUT2D eigenvalue weighted by molar-refractivity contribution is 0.0994. The van der Waals surface area contributed by atoms with Gasteiger partial charge in [0.05, 0.1) is 12.3 Å². The number of hydrogen-bond acceptors (Lipinski definition) is 4. The zero-order valence-corrected chi connectivity index (χ0v) is 8.98. The number of carbonyl (C=O) groups excluding carboxylic acids is 1. The number of hydrogen-bond donors (Lipinski definition) is 2. The quantitative estimate of drug-likeness (QED) is 0.774. The van der Waals surface area contributed by atoms with Crippen LogP contribution in [0.15, 0.2) is 12.1 Å². The third-order valence-electron chi connectivity index (χ3n) is 2.60. The molecule has 0 aromatic carbocycles. The molecule has 1 fully saturated rings. The Labute approximate surface area is 93.8 Å². The molecular formula is C11H15N3O2. The topological polar surface area (TPSA) is 91.2 Å². The maximum Gasteiger partial charge on any atom is 0.267 e. The second-order valence-corrected chi connectivity index (χ2v) is 4.04. The first kappa shape index (κ1) is 10.7. The molecule has 1 aliphatic carbocycles. The van der Waals surface area contributed by atoms with Crippen LogP contribution >= 0.6 is 0 Å². The molecule has 86 valence electrons. The van der Waals surface area contributed by atoms with Crippen LogP contribution < -0.4 is 16.2 Å². The molecule has 1 aliphatic rings. The molecule has 0 bridgehead atoms. The maximum atomic E-state index is 10.9. The van der Waals surface area contributed by atoms with Crippen molar-refractivity contribution in [3.63, 3.8) is 0 Å². The van der Waals surface area contributed by atoms with Gasteiger partial charge >= 0.3 is 0 Å². The molecule has 0 unspecified atom stereocenters. The average Bonchev–Trinajstić information content (AvgIpc) is 3.04. The summed E-state index contributed by atoms with van der Waals surface area (Å²) in [6, 6.07) is 3.07. The standard InChI is InChI=1S/C11H15N3O2/c12-8-3-4-9(10(13)15)14-11(8)16-6-5-7-1-2-7/h3-4,7H,1-2,5-6,12H2,(H2,13,15). The van der Waals surface area contributed by atoms with E-state index in [4.69, 9.17) is 16.2 Å². The summed E-state index contributed by atoms with van der Waals surface area (Å²) in [5, 5.41) is 0. The van der Waals surface area contributed by atoms with Gasteiger partial charge in [0.1, 0.15) is 5.69 Å². The van der Waals surface area contributed by atoms with Crippen LogP contribution in [0, 0.1) is 5.92 Å². The number of rotatable bonds is 5. The fraction of sp³-hybridized carbons (Fsp3) is 0.455.